The van der Waals surface area contributed by atoms with Crippen LogP contribution in [0.5, 0.6) is 0 Å². The first kappa shape index (κ1) is 19.3. The molecule has 2 nitrogen and oxygen atoms in total. The third-order valence-electron chi connectivity index (χ3n) is 6.00. The first-order valence-corrected chi connectivity index (χ1v) is 10.8. The third kappa shape index (κ3) is 3.74. The van der Waals surface area contributed by atoms with Gasteiger partial charge in [-0.15, -0.1) is 0 Å². The summed E-state index contributed by atoms with van der Waals surface area (Å²) >= 11 is 0. The molecular formula is C30H19FN2. The fraction of sp³-hybridized carbons (Fsp3) is 0. The lowest BCUT2D eigenvalue weighted by molar-refractivity contribution is 0.628. The van der Waals surface area contributed by atoms with Crippen molar-refractivity contribution >= 4 is 21.7 Å². The van der Waals surface area contributed by atoms with Crippen LogP contribution in [0, 0.1) is 5.82 Å². The smallest absolute Gasteiger partial charge is 0.123 e. The van der Waals surface area contributed by atoms with E-state index in [1.54, 1.807) is 12.1 Å². The predicted molar refractivity (Wildman–Crippen MR) is 133 cm³/mol. The van der Waals surface area contributed by atoms with E-state index >= 15 is 0 Å². The highest BCUT2D eigenvalue weighted by molar-refractivity contribution is 5.88. The van der Waals surface area contributed by atoms with Gasteiger partial charge in [0.15, 0.2) is 0 Å². The van der Waals surface area contributed by atoms with Crippen LogP contribution in [-0.4, -0.2) is 9.97 Å². The molecule has 2 heterocycles. The minimum absolute atomic E-state index is 0.234. The Morgan fingerprint density at radius 2 is 1.12 bits per heavy atom. The van der Waals surface area contributed by atoms with E-state index in [1.807, 2.05) is 24.5 Å². The van der Waals surface area contributed by atoms with Crippen molar-refractivity contribution in [3.63, 3.8) is 0 Å². The highest BCUT2D eigenvalue weighted by atomic mass is 19.1. The van der Waals surface area contributed by atoms with Crippen molar-refractivity contribution in [2.24, 2.45) is 0 Å². The molecule has 33 heavy (non-hydrogen) atoms. The second-order valence-electron chi connectivity index (χ2n) is 8.13. The lowest BCUT2D eigenvalue weighted by Gasteiger charge is -2.08. The molecule has 0 atom stereocenters. The number of halogens is 1. The molecule has 0 aliphatic heterocycles. The van der Waals surface area contributed by atoms with Crippen molar-refractivity contribution in [2.75, 3.05) is 0 Å². The van der Waals surface area contributed by atoms with Crippen molar-refractivity contribution < 1.29 is 4.39 Å². The number of pyridine rings is 2. The maximum absolute atomic E-state index is 13.2. The van der Waals surface area contributed by atoms with Gasteiger partial charge in [0.1, 0.15) is 5.82 Å². The fourth-order valence-electron chi connectivity index (χ4n) is 4.19. The van der Waals surface area contributed by atoms with Gasteiger partial charge in [-0.2, -0.15) is 0 Å². The molecule has 0 fully saturated rings. The van der Waals surface area contributed by atoms with Crippen LogP contribution in [-0.2, 0) is 0 Å². The topological polar surface area (TPSA) is 25.8 Å². The van der Waals surface area contributed by atoms with E-state index in [4.69, 9.17) is 4.98 Å². The van der Waals surface area contributed by atoms with Crippen molar-refractivity contribution in [1.82, 2.24) is 9.97 Å². The number of fused-ring (bicyclic) bond motifs is 2. The number of hydrogen-bond acceptors (Lipinski definition) is 2. The largest absolute Gasteiger partial charge is 0.256 e. The van der Waals surface area contributed by atoms with Crippen molar-refractivity contribution in [3.8, 4) is 33.5 Å². The van der Waals surface area contributed by atoms with Crippen LogP contribution in [0.4, 0.5) is 4.39 Å². The van der Waals surface area contributed by atoms with Gasteiger partial charge in [0, 0.05) is 34.5 Å². The van der Waals surface area contributed by atoms with Gasteiger partial charge < -0.3 is 0 Å². The van der Waals surface area contributed by atoms with Crippen LogP contribution in [0.1, 0.15) is 0 Å². The Balaban J connectivity index is 1.30. The number of benzene rings is 4. The zero-order chi connectivity index (χ0) is 22.2. The SMILES string of the molecule is Fc1ccc(-c2ccc3cc(-c4ccc(-c5ccc6ccccc6c5)nc4)cnc3c2)cc1. The van der Waals surface area contributed by atoms with E-state index in [2.05, 4.69) is 71.7 Å². The predicted octanol–water partition coefficient (Wildman–Crippen LogP) is 7.92. The lowest BCUT2D eigenvalue weighted by Crippen LogP contribution is -1.88. The van der Waals surface area contributed by atoms with Crippen LogP contribution in [0.25, 0.3) is 55.2 Å². The Morgan fingerprint density at radius 3 is 1.94 bits per heavy atom. The standard InChI is InChI=1S/C30H19FN2/c31-28-12-9-21(10-13-28)23-6-8-25-16-27(19-33-30(25)17-23)26-11-14-29(32-18-26)24-7-5-20-3-1-2-4-22(20)15-24/h1-19H. The molecule has 0 spiro atoms. The van der Waals surface area contributed by atoms with E-state index < -0.39 is 0 Å². The van der Waals surface area contributed by atoms with Crippen LogP contribution in [0.3, 0.4) is 0 Å². The Morgan fingerprint density at radius 1 is 0.455 bits per heavy atom. The second-order valence-corrected chi connectivity index (χ2v) is 8.13. The Labute approximate surface area is 191 Å². The summed E-state index contributed by atoms with van der Waals surface area (Å²) < 4.78 is 13.2. The zero-order valence-electron chi connectivity index (χ0n) is 17.7. The summed E-state index contributed by atoms with van der Waals surface area (Å²) in [5, 5.41) is 3.49. The van der Waals surface area contributed by atoms with E-state index in [0.717, 1.165) is 44.4 Å². The molecule has 0 aliphatic rings. The summed E-state index contributed by atoms with van der Waals surface area (Å²) in [6.45, 7) is 0. The summed E-state index contributed by atoms with van der Waals surface area (Å²) in [5.41, 5.74) is 6.99. The molecule has 3 heteroatoms. The number of aromatic nitrogens is 2. The molecule has 0 unspecified atom stereocenters. The molecule has 4 aromatic carbocycles. The maximum atomic E-state index is 13.2. The van der Waals surface area contributed by atoms with Gasteiger partial charge in [0.25, 0.3) is 0 Å². The van der Waals surface area contributed by atoms with Gasteiger partial charge in [-0.05, 0) is 58.3 Å². The van der Waals surface area contributed by atoms with Gasteiger partial charge in [-0.25, -0.2) is 4.39 Å². The van der Waals surface area contributed by atoms with Crippen molar-refractivity contribution in [2.45, 2.75) is 0 Å². The van der Waals surface area contributed by atoms with E-state index in [0.29, 0.717) is 0 Å². The number of hydrogen-bond donors (Lipinski definition) is 0. The van der Waals surface area contributed by atoms with E-state index in [-0.39, 0.29) is 5.82 Å². The second kappa shape index (κ2) is 7.95. The summed E-state index contributed by atoms with van der Waals surface area (Å²) in [6.07, 6.45) is 3.78. The first-order valence-electron chi connectivity index (χ1n) is 10.8. The van der Waals surface area contributed by atoms with Crippen molar-refractivity contribution in [1.29, 1.82) is 0 Å². The number of rotatable bonds is 3. The van der Waals surface area contributed by atoms with Crippen LogP contribution in [0.2, 0.25) is 0 Å². The summed E-state index contributed by atoms with van der Waals surface area (Å²) in [4.78, 5) is 9.39. The monoisotopic (exact) mass is 426 g/mol. The molecule has 0 bridgehead atoms. The first-order chi connectivity index (χ1) is 16.2. The normalized spacial score (nSPS) is 11.2. The molecule has 0 saturated heterocycles. The summed E-state index contributed by atoms with van der Waals surface area (Å²) in [5.74, 6) is -0.234. The van der Waals surface area contributed by atoms with E-state index in [9.17, 15) is 4.39 Å². The zero-order valence-corrected chi connectivity index (χ0v) is 17.7. The summed E-state index contributed by atoms with van der Waals surface area (Å²) in [6, 6.07) is 33.7. The minimum atomic E-state index is -0.234. The average Bonchev–Trinajstić information content (AvgIpc) is 2.88. The van der Waals surface area contributed by atoms with Crippen LogP contribution < -0.4 is 0 Å². The van der Waals surface area contributed by atoms with Gasteiger partial charge in [0.2, 0.25) is 0 Å². The van der Waals surface area contributed by atoms with Gasteiger partial charge in [-0.1, -0.05) is 66.7 Å². The molecule has 0 saturated carbocycles. The fourth-order valence-corrected chi connectivity index (χ4v) is 4.19. The Kier molecular flexibility index (Phi) is 4.66. The average molecular weight is 426 g/mol. The highest BCUT2D eigenvalue weighted by Crippen LogP contribution is 2.29. The molecule has 6 rings (SSSR count). The van der Waals surface area contributed by atoms with Gasteiger partial charge in [0.05, 0.1) is 11.2 Å². The molecule has 0 aliphatic carbocycles. The molecular weight excluding hydrogens is 407 g/mol. The quantitative estimate of drug-likeness (QED) is 0.287. The third-order valence-corrected chi connectivity index (χ3v) is 6.00. The maximum Gasteiger partial charge on any atom is 0.123 e. The van der Waals surface area contributed by atoms with Gasteiger partial charge >= 0.3 is 0 Å². The molecule has 0 radical (unpaired) electrons. The Hall–Kier alpha value is -4.37. The summed E-state index contributed by atoms with van der Waals surface area (Å²) in [7, 11) is 0. The van der Waals surface area contributed by atoms with Crippen molar-refractivity contribution in [3.05, 3.63) is 121 Å². The molecule has 156 valence electrons. The molecule has 2 aromatic heterocycles. The number of nitrogens with zero attached hydrogens (tertiary/aromatic N) is 2. The van der Waals surface area contributed by atoms with Crippen LogP contribution in [0.15, 0.2) is 116 Å². The van der Waals surface area contributed by atoms with E-state index in [1.165, 1.54) is 22.9 Å². The lowest BCUT2D eigenvalue weighted by atomic mass is 10.0. The Bertz CT molecular complexity index is 1600. The molecule has 6 aromatic rings. The highest BCUT2D eigenvalue weighted by Gasteiger charge is 2.06. The molecule has 0 N–H and O–H groups in total. The van der Waals surface area contributed by atoms with Crippen LogP contribution >= 0.6 is 0 Å². The van der Waals surface area contributed by atoms with Gasteiger partial charge in [-0.3, -0.25) is 9.97 Å². The molecule has 0 amide bonds. The minimum Gasteiger partial charge on any atom is -0.256 e.